The van der Waals surface area contributed by atoms with Gasteiger partial charge in [0.1, 0.15) is 0 Å². The Hall–Kier alpha value is -1.33. The van der Waals surface area contributed by atoms with E-state index in [1.165, 1.54) is 5.56 Å². The second-order valence-corrected chi connectivity index (χ2v) is 5.64. The summed E-state index contributed by atoms with van der Waals surface area (Å²) in [6, 6.07) is 2.07. The third-order valence-corrected chi connectivity index (χ3v) is 3.02. The van der Waals surface area contributed by atoms with Crippen molar-refractivity contribution in [1.82, 2.24) is 24.9 Å². The normalized spacial score (nSPS) is 10.9. The molecule has 1 N–H and O–H groups in total. The summed E-state index contributed by atoms with van der Waals surface area (Å²) < 4.78 is 4.01. The lowest BCUT2D eigenvalue weighted by molar-refractivity contribution is 0.482. The standard InChI is InChI=1S/C15H25N5.ClH/c1-4-6-19-7-5-15(18-19)10-16-8-14-9-17-20(12-14)11-13(2)3;/h5,7,9,12-13,16H,4,6,8,10-11H2,1-3H3;1H. The quantitative estimate of drug-likeness (QED) is 0.815. The molecule has 2 aromatic heterocycles. The molecule has 5 nitrogen and oxygen atoms in total. The van der Waals surface area contributed by atoms with Gasteiger partial charge in [0.15, 0.2) is 0 Å². The summed E-state index contributed by atoms with van der Waals surface area (Å²) in [6.07, 6.45) is 7.21. The van der Waals surface area contributed by atoms with E-state index < -0.39 is 0 Å². The molecule has 0 saturated heterocycles. The fourth-order valence-electron chi connectivity index (χ4n) is 2.16. The lowest BCUT2D eigenvalue weighted by atomic mass is 10.2. The molecule has 0 radical (unpaired) electrons. The molecule has 0 aliphatic heterocycles. The average Bonchev–Trinajstić information content (AvgIpc) is 2.99. The molecule has 0 aromatic carbocycles. The van der Waals surface area contributed by atoms with Crippen LogP contribution in [0.5, 0.6) is 0 Å². The Kier molecular flexibility index (Phi) is 7.47. The van der Waals surface area contributed by atoms with Crippen LogP contribution < -0.4 is 5.32 Å². The van der Waals surface area contributed by atoms with Gasteiger partial charge in [-0.2, -0.15) is 10.2 Å². The van der Waals surface area contributed by atoms with Crippen LogP contribution >= 0.6 is 12.4 Å². The number of halogens is 1. The third-order valence-electron chi connectivity index (χ3n) is 3.02. The number of rotatable bonds is 8. The van der Waals surface area contributed by atoms with Crippen molar-refractivity contribution in [2.75, 3.05) is 0 Å². The van der Waals surface area contributed by atoms with Crippen LogP contribution in [0.4, 0.5) is 0 Å². The van der Waals surface area contributed by atoms with E-state index in [9.17, 15) is 0 Å². The SMILES string of the molecule is CCCn1ccc(CNCc2cnn(CC(C)C)c2)n1.Cl. The van der Waals surface area contributed by atoms with E-state index in [4.69, 9.17) is 0 Å². The van der Waals surface area contributed by atoms with Gasteiger partial charge in [0.25, 0.3) is 0 Å². The maximum absolute atomic E-state index is 4.51. The molecule has 0 fully saturated rings. The van der Waals surface area contributed by atoms with Crippen LogP contribution in [0.2, 0.25) is 0 Å². The largest absolute Gasteiger partial charge is 0.307 e. The zero-order valence-electron chi connectivity index (χ0n) is 13.1. The maximum Gasteiger partial charge on any atom is 0.0762 e. The second kappa shape index (κ2) is 8.85. The molecule has 2 heterocycles. The highest BCUT2D eigenvalue weighted by Crippen LogP contribution is 2.03. The van der Waals surface area contributed by atoms with Gasteiger partial charge in [-0.05, 0) is 18.4 Å². The van der Waals surface area contributed by atoms with Gasteiger partial charge < -0.3 is 5.32 Å². The highest BCUT2D eigenvalue weighted by atomic mass is 35.5. The molecule has 2 rings (SSSR count). The van der Waals surface area contributed by atoms with Crippen molar-refractivity contribution in [3.8, 4) is 0 Å². The zero-order chi connectivity index (χ0) is 14.4. The molecule has 0 aliphatic rings. The minimum absolute atomic E-state index is 0. The van der Waals surface area contributed by atoms with E-state index in [-0.39, 0.29) is 12.4 Å². The molecule has 118 valence electrons. The van der Waals surface area contributed by atoms with Gasteiger partial charge in [-0.25, -0.2) is 0 Å². The van der Waals surface area contributed by atoms with E-state index in [1.807, 2.05) is 21.8 Å². The number of nitrogens with one attached hydrogen (secondary N) is 1. The Morgan fingerprint density at radius 3 is 2.76 bits per heavy atom. The van der Waals surface area contributed by atoms with Crippen LogP contribution in [0, 0.1) is 5.92 Å². The summed E-state index contributed by atoms with van der Waals surface area (Å²) in [7, 11) is 0. The van der Waals surface area contributed by atoms with E-state index in [1.54, 1.807) is 0 Å². The van der Waals surface area contributed by atoms with Crippen molar-refractivity contribution >= 4 is 12.4 Å². The Labute approximate surface area is 133 Å². The van der Waals surface area contributed by atoms with Crippen molar-refractivity contribution < 1.29 is 0 Å². The van der Waals surface area contributed by atoms with Crippen LogP contribution in [-0.4, -0.2) is 19.6 Å². The van der Waals surface area contributed by atoms with Crippen LogP contribution in [0.1, 0.15) is 38.4 Å². The van der Waals surface area contributed by atoms with E-state index in [0.717, 1.165) is 38.3 Å². The summed E-state index contributed by atoms with van der Waals surface area (Å²) in [6.45, 7) is 10.2. The lowest BCUT2D eigenvalue weighted by Gasteiger charge is -2.03. The first kappa shape index (κ1) is 17.7. The summed E-state index contributed by atoms with van der Waals surface area (Å²) in [5.41, 5.74) is 2.31. The molecule has 0 aliphatic carbocycles. The Morgan fingerprint density at radius 2 is 2.05 bits per heavy atom. The highest BCUT2D eigenvalue weighted by Gasteiger charge is 2.02. The van der Waals surface area contributed by atoms with Gasteiger partial charge in [-0.1, -0.05) is 20.8 Å². The van der Waals surface area contributed by atoms with E-state index in [2.05, 4.69) is 48.5 Å². The van der Waals surface area contributed by atoms with Crippen LogP contribution in [-0.2, 0) is 26.2 Å². The monoisotopic (exact) mass is 311 g/mol. The zero-order valence-corrected chi connectivity index (χ0v) is 13.9. The van der Waals surface area contributed by atoms with Crippen LogP contribution in [0.25, 0.3) is 0 Å². The topological polar surface area (TPSA) is 47.7 Å². The number of nitrogens with zero attached hydrogens (tertiary/aromatic N) is 4. The van der Waals surface area contributed by atoms with Crippen molar-refractivity contribution in [2.24, 2.45) is 5.92 Å². The van der Waals surface area contributed by atoms with Gasteiger partial charge in [-0.15, -0.1) is 12.4 Å². The van der Waals surface area contributed by atoms with Crippen molar-refractivity contribution in [1.29, 1.82) is 0 Å². The number of hydrogen-bond donors (Lipinski definition) is 1. The van der Waals surface area contributed by atoms with E-state index in [0.29, 0.717) is 5.92 Å². The third kappa shape index (κ3) is 5.89. The molecule has 0 amide bonds. The summed E-state index contributed by atoms with van der Waals surface area (Å²) in [4.78, 5) is 0. The summed E-state index contributed by atoms with van der Waals surface area (Å²) in [5.74, 6) is 0.623. The first-order chi connectivity index (χ1) is 9.67. The maximum atomic E-state index is 4.51. The molecule has 0 atom stereocenters. The molecular weight excluding hydrogens is 286 g/mol. The fraction of sp³-hybridized carbons (Fsp3) is 0.600. The van der Waals surface area contributed by atoms with Crippen LogP contribution in [0.3, 0.4) is 0 Å². The van der Waals surface area contributed by atoms with Crippen molar-refractivity contribution in [3.05, 3.63) is 35.9 Å². The summed E-state index contributed by atoms with van der Waals surface area (Å²) in [5, 5.41) is 12.3. The fourth-order valence-corrected chi connectivity index (χ4v) is 2.16. The Balaban J connectivity index is 0.00000220. The molecule has 0 bridgehead atoms. The molecule has 21 heavy (non-hydrogen) atoms. The van der Waals surface area contributed by atoms with Gasteiger partial charge in [0, 0.05) is 44.1 Å². The molecular formula is C15H26ClN5. The molecule has 0 unspecified atom stereocenters. The van der Waals surface area contributed by atoms with Gasteiger partial charge in [-0.3, -0.25) is 9.36 Å². The number of aromatic nitrogens is 4. The first-order valence-electron chi connectivity index (χ1n) is 7.41. The minimum atomic E-state index is 0. The van der Waals surface area contributed by atoms with Crippen LogP contribution in [0.15, 0.2) is 24.7 Å². The number of hydrogen-bond acceptors (Lipinski definition) is 3. The number of aryl methyl sites for hydroxylation is 1. The summed E-state index contributed by atoms with van der Waals surface area (Å²) >= 11 is 0. The smallest absolute Gasteiger partial charge is 0.0762 e. The second-order valence-electron chi connectivity index (χ2n) is 5.64. The van der Waals surface area contributed by atoms with E-state index >= 15 is 0 Å². The molecule has 6 heteroatoms. The Bertz CT molecular complexity index is 518. The molecule has 2 aromatic rings. The predicted octanol–water partition coefficient (Wildman–Crippen LogP) is 2.86. The highest BCUT2D eigenvalue weighted by molar-refractivity contribution is 5.85. The van der Waals surface area contributed by atoms with Gasteiger partial charge in [0.05, 0.1) is 11.9 Å². The van der Waals surface area contributed by atoms with Crippen molar-refractivity contribution in [2.45, 2.75) is 53.4 Å². The minimum Gasteiger partial charge on any atom is -0.307 e. The first-order valence-corrected chi connectivity index (χ1v) is 7.41. The van der Waals surface area contributed by atoms with Gasteiger partial charge in [0.2, 0.25) is 0 Å². The predicted molar refractivity (Wildman–Crippen MR) is 87.4 cm³/mol. The molecule has 0 spiro atoms. The lowest BCUT2D eigenvalue weighted by Crippen LogP contribution is -2.13. The van der Waals surface area contributed by atoms with Gasteiger partial charge >= 0.3 is 0 Å². The Morgan fingerprint density at radius 1 is 1.24 bits per heavy atom. The molecule has 0 saturated carbocycles. The van der Waals surface area contributed by atoms with Crippen molar-refractivity contribution in [3.63, 3.8) is 0 Å². The average molecular weight is 312 g/mol.